The third kappa shape index (κ3) is 3.15. The Morgan fingerprint density at radius 1 is 1.55 bits per heavy atom. The van der Waals surface area contributed by atoms with Crippen molar-refractivity contribution in [2.75, 3.05) is 19.7 Å². The molecule has 1 unspecified atom stereocenters. The first kappa shape index (κ1) is 14.9. The molecule has 0 aromatic carbocycles. The summed E-state index contributed by atoms with van der Waals surface area (Å²) in [7, 11) is -3.56. The van der Waals surface area contributed by atoms with Gasteiger partial charge in [0.25, 0.3) is 0 Å². The lowest BCUT2D eigenvalue weighted by molar-refractivity contribution is 0.0265. The van der Waals surface area contributed by atoms with E-state index in [9.17, 15) is 8.42 Å². The van der Waals surface area contributed by atoms with Gasteiger partial charge in [0.15, 0.2) is 0 Å². The summed E-state index contributed by atoms with van der Waals surface area (Å²) in [5, 5.41) is 8.68. The Labute approximate surface area is 119 Å². The number of aromatic nitrogens is 1. The molecular weight excluding hydrogens is 278 g/mol. The number of sulfonamides is 1. The Bertz CT molecular complexity index is 590. The van der Waals surface area contributed by atoms with E-state index >= 15 is 0 Å². The second-order valence-corrected chi connectivity index (χ2v) is 6.51. The van der Waals surface area contributed by atoms with Crippen molar-refractivity contribution in [2.24, 2.45) is 0 Å². The number of nitriles is 1. The Kier molecular flexibility index (Phi) is 4.70. The number of piperidine rings is 1. The lowest BCUT2D eigenvalue weighted by atomic mass is 10.1. The van der Waals surface area contributed by atoms with Gasteiger partial charge in [-0.15, -0.1) is 0 Å². The van der Waals surface area contributed by atoms with Crippen molar-refractivity contribution in [3.63, 3.8) is 0 Å². The number of hydrogen-bond acceptors (Lipinski definition) is 5. The maximum absolute atomic E-state index is 12.5. The zero-order valence-corrected chi connectivity index (χ0v) is 12.1. The number of rotatable bonds is 4. The highest BCUT2D eigenvalue weighted by molar-refractivity contribution is 7.89. The highest BCUT2D eigenvalue weighted by atomic mass is 32.2. The van der Waals surface area contributed by atoms with E-state index in [1.54, 1.807) is 0 Å². The Morgan fingerprint density at radius 2 is 2.35 bits per heavy atom. The van der Waals surface area contributed by atoms with E-state index in [1.165, 1.54) is 22.6 Å². The van der Waals surface area contributed by atoms with E-state index < -0.39 is 10.0 Å². The minimum atomic E-state index is -3.56. The van der Waals surface area contributed by atoms with Gasteiger partial charge < -0.3 is 4.74 Å². The third-order valence-corrected chi connectivity index (χ3v) is 5.08. The van der Waals surface area contributed by atoms with Crippen molar-refractivity contribution in [2.45, 2.75) is 30.8 Å². The van der Waals surface area contributed by atoms with Gasteiger partial charge in [-0.1, -0.05) is 0 Å². The number of nitrogens with zero attached hydrogens (tertiary/aromatic N) is 3. The fourth-order valence-corrected chi connectivity index (χ4v) is 3.70. The molecular formula is C13H17N3O3S. The van der Waals surface area contributed by atoms with Gasteiger partial charge in [-0.05, 0) is 31.9 Å². The lowest BCUT2D eigenvalue weighted by Gasteiger charge is -2.31. The van der Waals surface area contributed by atoms with Gasteiger partial charge in [0.2, 0.25) is 10.0 Å². The normalized spacial score (nSPS) is 20.5. The van der Waals surface area contributed by atoms with E-state index in [0.29, 0.717) is 19.7 Å². The second kappa shape index (κ2) is 6.31. The number of ether oxygens (including phenoxy) is 1. The van der Waals surface area contributed by atoms with Crippen LogP contribution >= 0.6 is 0 Å². The molecule has 0 N–H and O–H groups in total. The van der Waals surface area contributed by atoms with Crippen LogP contribution in [0.25, 0.3) is 0 Å². The second-order valence-electron chi connectivity index (χ2n) is 4.57. The molecule has 2 rings (SSSR count). The molecule has 108 valence electrons. The molecule has 0 amide bonds. The van der Waals surface area contributed by atoms with E-state index in [0.717, 1.165) is 12.8 Å². The first-order chi connectivity index (χ1) is 9.57. The van der Waals surface area contributed by atoms with Gasteiger partial charge in [-0.25, -0.2) is 13.4 Å². The fourth-order valence-electron chi connectivity index (χ4n) is 2.24. The topological polar surface area (TPSA) is 83.3 Å². The fraction of sp³-hybridized carbons (Fsp3) is 0.538. The highest BCUT2D eigenvalue weighted by Gasteiger charge is 2.30. The van der Waals surface area contributed by atoms with Crippen LogP contribution in [0.1, 0.15) is 25.5 Å². The smallest absolute Gasteiger partial charge is 0.244 e. The van der Waals surface area contributed by atoms with E-state index in [2.05, 4.69) is 4.98 Å². The molecule has 1 fully saturated rings. The molecule has 7 heteroatoms. The molecule has 1 saturated heterocycles. The SMILES string of the molecule is CCOC1CCCN(S(=O)(=O)c2ccc(C#N)nc2)C1. The number of hydrogen-bond donors (Lipinski definition) is 0. The maximum atomic E-state index is 12.5. The van der Waals surface area contributed by atoms with E-state index in [-0.39, 0.29) is 16.7 Å². The van der Waals surface area contributed by atoms with Crippen LogP contribution in [0.2, 0.25) is 0 Å². The molecule has 0 radical (unpaired) electrons. The molecule has 1 aliphatic heterocycles. The van der Waals surface area contributed by atoms with Crippen LogP contribution in [-0.4, -0.2) is 43.5 Å². The molecule has 1 aromatic heterocycles. The summed E-state index contributed by atoms with van der Waals surface area (Å²) in [5.41, 5.74) is 0.204. The van der Waals surface area contributed by atoms with E-state index in [4.69, 9.17) is 10.00 Å². The monoisotopic (exact) mass is 295 g/mol. The molecule has 2 heterocycles. The average molecular weight is 295 g/mol. The summed E-state index contributed by atoms with van der Waals surface area (Å²) < 4.78 is 31.9. The van der Waals surface area contributed by atoms with Crippen molar-refractivity contribution in [1.82, 2.24) is 9.29 Å². The molecule has 0 aliphatic carbocycles. The standard InChI is InChI=1S/C13H17N3O3S/c1-2-19-12-4-3-7-16(10-12)20(17,18)13-6-5-11(8-14)15-9-13/h5-6,9,12H,2-4,7,10H2,1H3. The van der Waals surface area contributed by atoms with Crippen LogP contribution in [0.3, 0.4) is 0 Å². The first-order valence-corrected chi connectivity index (χ1v) is 8.00. The van der Waals surface area contributed by atoms with Crippen molar-refractivity contribution in [1.29, 1.82) is 5.26 Å². The molecule has 0 bridgehead atoms. The van der Waals surface area contributed by atoms with Gasteiger partial charge in [0.1, 0.15) is 16.7 Å². The van der Waals surface area contributed by atoms with E-state index in [1.807, 2.05) is 13.0 Å². The van der Waals surface area contributed by atoms with Crippen LogP contribution in [-0.2, 0) is 14.8 Å². The minimum Gasteiger partial charge on any atom is -0.377 e. The van der Waals surface area contributed by atoms with Gasteiger partial charge in [-0.3, -0.25) is 0 Å². The maximum Gasteiger partial charge on any atom is 0.244 e. The predicted octanol–water partition coefficient (Wildman–Crippen LogP) is 1.14. The zero-order chi connectivity index (χ0) is 14.6. The Hall–Kier alpha value is -1.49. The van der Waals surface area contributed by atoms with Crippen molar-refractivity contribution >= 4 is 10.0 Å². The summed E-state index contributed by atoms with van der Waals surface area (Å²) in [4.78, 5) is 3.93. The summed E-state index contributed by atoms with van der Waals surface area (Å²) in [6.45, 7) is 3.34. The molecule has 1 aromatic rings. The third-order valence-electron chi connectivity index (χ3n) is 3.23. The largest absolute Gasteiger partial charge is 0.377 e. The predicted molar refractivity (Wildman–Crippen MR) is 72.4 cm³/mol. The molecule has 1 aliphatic rings. The van der Waals surface area contributed by atoms with Crippen molar-refractivity contribution < 1.29 is 13.2 Å². The van der Waals surface area contributed by atoms with Crippen LogP contribution in [0.4, 0.5) is 0 Å². The van der Waals surface area contributed by atoms with Crippen LogP contribution in [0, 0.1) is 11.3 Å². The first-order valence-electron chi connectivity index (χ1n) is 6.56. The van der Waals surface area contributed by atoms with Gasteiger partial charge >= 0.3 is 0 Å². The molecule has 6 nitrogen and oxygen atoms in total. The molecule has 0 saturated carbocycles. The molecule has 0 spiro atoms. The lowest BCUT2D eigenvalue weighted by Crippen LogP contribution is -2.43. The summed E-state index contributed by atoms with van der Waals surface area (Å²) in [6.07, 6.45) is 2.85. The van der Waals surface area contributed by atoms with Gasteiger partial charge in [-0.2, -0.15) is 9.57 Å². The van der Waals surface area contributed by atoms with Crippen LogP contribution < -0.4 is 0 Å². The molecule has 20 heavy (non-hydrogen) atoms. The molecule has 1 atom stereocenters. The van der Waals surface area contributed by atoms with Crippen LogP contribution in [0.5, 0.6) is 0 Å². The van der Waals surface area contributed by atoms with Gasteiger partial charge in [0, 0.05) is 25.9 Å². The quantitative estimate of drug-likeness (QED) is 0.832. The zero-order valence-electron chi connectivity index (χ0n) is 11.3. The average Bonchev–Trinajstić information content (AvgIpc) is 2.48. The van der Waals surface area contributed by atoms with Crippen LogP contribution in [0.15, 0.2) is 23.2 Å². The number of pyridine rings is 1. The summed E-state index contributed by atoms with van der Waals surface area (Å²) >= 11 is 0. The Morgan fingerprint density at radius 3 is 2.95 bits per heavy atom. The van der Waals surface area contributed by atoms with Crippen molar-refractivity contribution in [3.05, 3.63) is 24.0 Å². The highest BCUT2D eigenvalue weighted by Crippen LogP contribution is 2.21. The van der Waals surface area contributed by atoms with Crippen molar-refractivity contribution in [3.8, 4) is 6.07 Å². The summed E-state index contributed by atoms with van der Waals surface area (Å²) in [6, 6.07) is 4.70. The Balaban J connectivity index is 2.18. The minimum absolute atomic E-state index is 0.0464. The summed E-state index contributed by atoms with van der Waals surface area (Å²) in [5.74, 6) is 0. The van der Waals surface area contributed by atoms with Gasteiger partial charge in [0.05, 0.1) is 6.10 Å².